The van der Waals surface area contributed by atoms with Gasteiger partial charge in [0.25, 0.3) is 0 Å². The van der Waals surface area contributed by atoms with E-state index < -0.39 is 36.4 Å². The van der Waals surface area contributed by atoms with Gasteiger partial charge >= 0.3 is 11.9 Å². The molecule has 4 aliphatic rings. The molecule has 4 aliphatic carbocycles. The Bertz CT molecular complexity index is 512. The lowest BCUT2D eigenvalue weighted by molar-refractivity contribution is -0.188. The van der Waals surface area contributed by atoms with Crippen LogP contribution < -0.4 is 11.1 Å². The molecule has 24 heavy (non-hydrogen) atoms. The van der Waals surface area contributed by atoms with Crippen molar-refractivity contribution in [1.29, 1.82) is 0 Å². The van der Waals surface area contributed by atoms with Gasteiger partial charge in [0.05, 0.1) is 12.5 Å². The minimum atomic E-state index is -1.17. The van der Waals surface area contributed by atoms with Crippen molar-refractivity contribution in [3.8, 4) is 0 Å². The molecule has 134 valence electrons. The van der Waals surface area contributed by atoms with Crippen LogP contribution in [0.25, 0.3) is 0 Å². The van der Waals surface area contributed by atoms with E-state index in [1.165, 1.54) is 19.3 Å². The lowest BCUT2D eigenvalue weighted by Gasteiger charge is -2.55. The Hall–Kier alpha value is -1.63. The van der Waals surface area contributed by atoms with E-state index in [4.69, 9.17) is 15.6 Å². The molecule has 4 N–H and O–H groups in total. The van der Waals surface area contributed by atoms with E-state index >= 15 is 0 Å². The van der Waals surface area contributed by atoms with Crippen LogP contribution in [0, 0.1) is 17.8 Å². The minimum Gasteiger partial charge on any atom is -0.481 e. The van der Waals surface area contributed by atoms with E-state index in [1.807, 2.05) is 0 Å². The molecule has 1 amide bonds. The number of amides is 1. The fourth-order valence-corrected chi connectivity index (χ4v) is 5.12. The zero-order chi connectivity index (χ0) is 17.5. The monoisotopic (exact) mass is 338 g/mol. The standard InChI is InChI=1S/C17H26N2O5/c1-9(19-15(22)13(18)5-14(20)21)16(23)24-17-6-10-2-11(7-17)4-12(3-10)8-17/h9-13H,2-8,18H2,1H3,(H,19,22)(H,20,21)/t9-,10?,11?,12?,13-,17?/m0/s1. The van der Waals surface area contributed by atoms with Crippen molar-refractivity contribution in [2.24, 2.45) is 23.5 Å². The number of carbonyl (C=O) groups excluding carboxylic acids is 2. The molecule has 4 rings (SSSR count). The lowest BCUT2D eigenvalue weighted by Crippen LogP contribution is -2.55. The maximum atomic E-state index is 12.4. The summed E-state index contributed by atoms with van der Waals surface area (Å²) in [7, 11) is 0. The average molecular weight is 338 g/mol. The summed E-state index contributed by atoms with van der Waals surface area (Å²) < 4.78 is 5.86. The molecular formula is C17H26N2O5. The average Bonchev–Trinajstić information content (AvgIpc) is 2.44. The molecule has 7 nitrogen and oxygen atoms in total. The van der Waals surface area contributed by atoms with E-state index in [-0.39, 0.29) is 5.60 Å². The second kappa shape index (κ2) is 6.35. The summed E-state index contributed by atoms with van der Waals surface area (Å²) in [6.07, 6.45) is 6.10. The van der Waals surface area contributed by atoms with E-state index in [0.717, 1.165) is 19.3 Å². The second-order valence-electron chi connectivity index (χ2n) is 7.96. The largest absolute Gasteiger partial charge is 0.481 e. The molecule has 4 fully saturated rings. The van der Waals surface area contributed by atoms with Crippen LogP contribution in [0.1, 0.15) is 51.9 Å². The number of nitrogens with two attached hydrogens (primary N) is 1. The first-order valence-corrected chi connectivity index (χ1v) is 8.77. The summed E-state index contributed by atoms with van der Waals surface area (Å²) in [6, 6.07) is -2.00. The van der Waals surface area contributed by atoms with Crippen LogP contribution in [0.3, 0.4) is 0 Å². The Morgan fingerprint density at radius 3 is 2.12 bits per heavy atom. The van der Waals surface area contributed by atoms with E-state index in [1.54, 1.807) is 6.92 Å². The Morgan fingerprint density at radius 2 is 1.67 bits per heavy atom. The van der Waals surface area contributed by atoms with Crippen molar-refractivity contribution in [2.75, 3.05) is 0 Å². The van der Waals surface area contributed by atoms with Crippen molar-refractivity contribution in [1.82, 2.24) is 5.32 Å². The number of carbonyl (C=O) groups is 3. The van der Waals surface area contributed by atoms with E-state index in [2.05, 4.69) is 5.32 Å². The maximum absolute atomic E-state index is 12.4. The van der Waals surface area contributed by atoms with Gasteiger partial charge in [0.15, 0.2) is 0 Å². The highest BCUT2D eigenvalue weighted by molar-refractivity contribution is 5.89. The highest BCUT2D eigenvalue weighted by Crippen LogP contribution is 2.57. The first kappa shape index (κ1) is 17.2. The fourth-order valence-electron chi connectivity index (χ4n) is 5.12. The van der Waals surface area contributed by atoms with Gasteiger partial charge in [-0.2, -0.15) is 0 Å². The Morgan fingerprint density at radius 1 is 1.17 bits per heavy atom. The third kappa shape index (κ3) is 3.55. The smallest absolute Gasteiger partial charge is 0.328 e. The number of ether oxygens (including phenoxy) is 1. The van der Waals surface area contributed by atoms with Crippen molar-refractivity contribution in [3.05, 3.63) is 0 Å². The summed E-state index contributed by atoms with van der Waals surface area (Å²) >= 11 is 0. The molecule has 0 spiro atoms. The molecule has 0 aliphatic heterocycles. The molecule has 0 aromatic heterocycles. The van der Waals surface area contributed by atoms with Crippen LogP contribution >= 0.6 is 0 Å². The second-order valence-corrected chi connectivity index (χ2v) is 7.96. The molecule has 0 heterocycles. The van der Waals surface area contributed by atoms with Gasteiger partial charge in [0.1, 0.15) is 11.6 Å². The van der Waals surface area contributed by atoms with E-state index in [9.17, 15) is 14.4 Å². The molecule has 7 heteroatoms. The predicted molar refractivity (Wildman–Crippen MR) is 84.8 cm³/mol. The summed E-state index contributed by atoms with van der Waals surface area (Å²) in [5.74, 6) is -0.254. The number of carboxylic acids is 1. The molecule has 2 atom stereocenters. The van der Waals surface area contributed by atoms with Gasteiger partial charge in [0, 0.05) is 0 Å². The molecule has 4 saturated carbocycles. The first-order valence-electron chi connectivity index (χ1n) is 8.77. The Kier molecular flexibility index (Phi) is 4.55. The van der Waals surface area contributed by atoms with Crippen molar-refractivity contribution in [2.45, 2.75) is 69.6 Å². The van der Waals surface area contributed by atoms with Crippen LogP contribution in [-0.2, 0) is 19.1 Å². The molecule has 4 bridgehead atoms. The fraction of sp³-hybridized carbons (Fsp3) is 0.824. The quantitative estimate of drug-likeness (QED) is 0.617. The number of hydrogen-bond acceptors (Lipinski definition) is 5. The van der Waals surface area contributed by atoms with Gasteiger partial charge in [-0.1, -0.05) is 0 Å². The normalized spacial score (nSPS) is 36.0. The van der Waals surface area contributed by atoms with Gasteiger partial charge in [0.2, 0.25) is 5.91 Å². The predicted octanol–water partition coefficient (Wildman–Crippen LogP) is 0.805. The number of carboxylic acid groups (broad SMARTS) is 1. The van der Waals surface area contributed by atoms with Crippen LogP contribution in [0.4, 0.5) is 0 Å². The number of rotatable bonds is 6. The Labute approximate surface area is 141 Å². The highest BCUT2D eigenvalue weighted by atomic mass is 16.6. The number of hydrogen-bond donors (Lipinski definition) is 3. The molecule has 0 unspecified atom stereocenters. The molecule has 0 aromatic carbocycles. The molecule has 0 aromatic rings. The summed E-state index contributed by atoms with van der Waals surface area (Å²) in [4.78, 5) is 34.9. The first-order chi connectivity index (χ1) is 11.3. The SMILES string of the molecule is C[C@H](NC(=O)[C@@H](N)CC(=O)O)C(=O)OC12CC3CC(CC(C3)C1)C2. The van der Waals surface area contributed by atoms with Crippen LogP contribution in [-0.4, -0.2) is 40.6 Å². The zero-order valence-corrected chi connectivity index (χ0v) is 14.0. The van der Waals surface area contributed by atoms with Crippen LogP contribution in [0.2, 0.25) is 0 Å². The van der Waals surface area contributed by atoms with Gasteiger partial charge in [-0.05, 0) is 63.2 Å². The summed E-state index contributed by atoms with van der Waals surface area (Å²) in [6.45, 7) is 1.55. The third-order valence-electron chi connectivity index (χ3n) is 5.74. The van der Waals surface area contributed by atoms with Gasteiger partial charge in [-0.15, -0.1) is 0 Å². The number of esters is 1. The van der Waals surface area contributed by atoms with Gasteiger partial charge in [-0.25, -0.2) is 4.79 Å². The minimum absolute atomic E-state index is 0.353. The highest BCUT2D eigenvalue weighted by Gasteiger charge is 2.53. The summed E-state index contributed by atoms with van der Waals surface area (Å²) in [5.41, 5.74) is 5.16. The third-order valence-corrected chi connectivity index (χ3v) is 5.74. The molecule has 0 saturated heterocycles. The topological polar surface area (TPSA) is 119 Å². The van der Waals surface area contributed by atoms with Crippen molar-refractivity contribution >= 4 is 17.8 Å². The Balaban J connectivity index is 1.55. The lowest BCUT2D eigenvalue weighted by atomic mass is 9.54. The van der Waals surface area contributed by atoms with Crippen molar-refractivity contribution in [3.63, 3.8) is 0 Å². The number of nitrogens with one attached hydrogen (secondary N) is 1. The van der Waals surface area contributed by atoms with Gasteiger partial charge < -0.3 is 20.9 Å². The van der Waals surface area contributed by atoms with Crippen LogP contribution in [0.15, 0.2) is 0 Å². The zero-order valence-electron chi connectivity index (χ0n) is 14.0. The van der Waals surface area contributed by atoms with Crippen LogP contribution in [0.5, 0.6) is 0 Å². The van der Waals surface area contributed by atoms with Crippen molar-refractivity contribution < 1.29 is 24.2 Å². The summed E-state index contributed by atoms with van der Waals surface area (Å²) in [5, 5.41) is 11.1. The van der Waals surface area contributed by atoms with E-state index in [0.29, 0.717) is 17.8 Å². The number of aliphatic carboxylic acids is 1. The maximum Gasteiger partial charge on any atom is 0.328 e. The molecular weight excluding hydrogens is 312 g/mol. The molecule has 0 radical (unpaired) electrons. The van der Waals surface area contributed by atoms with Gasteiger partial charge in [-0.3, -0.25) is 9.59 Å².